The first kappa shape index (κ1) is 15.1. The Bertz CT molecular complexity index is 559. The molecule has 21 heavy (non-hydrogen) atoms. The number of hydrogen-bond acceptors (Lipinski definition) is 3. The molecule has 0 aliphatic carbocycles. The van der Waals surface area contributed by atoms with Crippen molar-refractivity contribution in [2.45, 2.75) is 38.8 Å². The molecule has 1 atom stereocenters. The quantitative estimate of drug-likeness (QED) is 0.907. The minimum atomic E-state index is -0.518. The van der Waals surface area contributed by atoms with E-state index in [9.17, 15) is 4.79 Å². The van der Waals surface area contributed by atoms with Crippen molar-refractivity contribution in [3.63, 3.8) is 0 Å². The molecule has 0 fully saturated rings. The maximum absolute atomic E-state index is 12.0. The highest BCUT2D eigenvalue weighted by atomic mass is 16.6. The number of imidazole rings is 1. The number of amides is 1. The Kier molecular flexibility index (Phi) is 4.62. The summed E-state index contributed by atoms with van der Waals surface area (Å²) in [6, 6.07) is 9.78. The van der Waals surface area contributed by atoms with Gasteiger partial charge in [0.15, 0.2) is 0 Å². The van der Waals surface area contributed by atoms with Gasteiger partial charge in [0.2, 0.25) is 0 Å². The van der Waals surface area contributed by atoms with E-state index >= 15 is 0 Å². The largest absolute Gasteiger partial charge is 0.444 e. The van der Waals surface area contributed by atoms with Crippen LogP contribution in [-0.4, -0.2) is 21.7 Å². The second kappa shape index (κ2) is 6.43. The molecule has 1 heterocycles. The summed E-state index contributed by atoms with van der Waals surface area (Å²) < 4.78 is 5.32. The summed E-state index contributed by atoms with van der Waals surface area (Å²) in [5.74, 6) is 0. The van der Waals surface area contributed by atoms with E-state index in [-0.39, 0.29) is 6.04 Å². The van der Waals surface area contributed by atoms with Crippen LogP contribution < -0.4 is 5.32 Å². The van der Waals surface area contributed by atoms with Gasteiger partial charge in [-0.2, -0.15) is 0 Å². The number of nitrogens with one attached hydrogen (secondary N) is 2. The third-order valence-corrected chi connectivity index (χ3v) is 2.87. The molecule has 1 amide bonds. The highest BCUT2D eigenvalue weighted by Gasteiger charge is 2.21. The molecular formula is C16H21N3O2. The number of rotatable bonds is 4. The van der Waals surface area contributed by atoms with Crippen LogP contribution in [0.2, 0.25) is 0 Å². The first-order chi connectivity index (χ1) is 9.94. The van der Waals surface area contributed by atoms with Gasteiger partial charge in [-0.05, 0) is 32.8 Å². The van der Waals surface area contributed by atoms with E-state index in [0.29, 0.717) is 6.42 Å². The van der Waals surface area contributed by atoms with Crippen LogP contribution in [0, 0.1) is 0 Å². The summed E-state index contributed by atoms with van der Waals surface area (Å²) in [7, 11) is 0. The summed E-state index contributed by atoms with van der Waals surface area (Å²) in [6.07, 6.45) is 3.55. The van der Waals surface area contributed by atoms with Gasteiger partial charge in [0, 0.05) is 0 Å². The van der Waals surface area contributed by atoms with E-state index in [1.165, 1.54) is 0 Å². The zero-order chi connectivity index (χ0) is 15.3. The molecule has 0 unspecified atom stereocenters. The zero-order valence-corrected chi connectivity index (χ0v) is 12.6. The van der Waals surface area contributed by atoms with Crippen LogP contribution >= 0.6 is 0 Å². The Morgan fingerprint density at radius 1 is 1.33 bits per heavy atom. The minimum absolute atomic E-state index is 0.204. The molecule has 1 aromatic heterocycles. The number of hydrogen-bond donors (Lipinski definition) is 2. The molecule has 5 nitrogen and oxygen atoms in total. The molecule has 0 radical (unpaired) electrons. The van der Waals surface area contributed by atoms with Crippen molar-refractivity contribution < 1.29 is 9.53 Å². The predicted octanol–water partition coefficient (Wildman–Crippen LogP) is 3.22. The summed E-state index contributed by atoms with van der Waals surface area (Å²) >= 11 is 0. The molecule has 0 aliphatic heterocycles. The number of alkyl carbamates (subject to hydrolysis) is 1. The van der Waals surface area contributed by atoms with Crippen molar-refractivity contribution in [1.82, 2.24) is 15.3 Å². The molecular weight excluding hydrogens is 266 g/mol. The van der Waals surface area contributed by atoms with Gasteiger partial charge >= 0.3 is 6.09 Å². The van der Waals surface area contributed by atoms with Crippen LogP contribution in [0.1, 0.15) is 38.1 Å². The third-order valence-electron chi connectivity index (χ3n) is 2.87. The van der Waals surface area contributed by atoms with Gasteiger partial charge in [-0.3, -0.25) is 0 Å². The van der Waals surface area contributed by atoms with Crippen LogP contribution in [-0.2, 0) is 11.2 Å². The lowest BCUT2D eigenvalue weighted by Crippen LogP contribution is -2.35. The van der Waals surface area contributed by atoms with E-state index in [1.54, 1.807) is 12.5 Å². The van der Waals surface area contributed by atoms with E-state index in [1.807, 2.05) is 51.1 Å². The van der Waals surface area contributed by atoms with Crippen LogP contribution in [0.5, 0.6) is 0 Å². The number of nitrogens with zero attached hydrogens (tertiary/aromatic N) is 1. The Labute approximate surface area is 124 Å². The predicted molar refractivity (Wildman–Crippen MR) is 80.8 cm³/mol. The highest BCUT2D eigenvalue weighted by Crippen LogP contribution is 2.17. The summed E-state index contributed by atoms with van der Waals surface area (Å²) in [4.78, 5) is 19.1. The van der Waals surface area contributed by atoms with E-state index in [0.717, 1.165) is 11.3 Å². The molecule has 0 saturated carbocycles. The molecule has 0 bridgehead atoms. The number of carbonyl (C=O) groups excluding carboxylic acids is 1. The first-order valence-corrected chi connectivity index (χ1v) is 6.96. The molecule has 0 saturated heterocycles. The maximum Gasteiger partial charge on any atom is 0.408 e. The van der Waals surface area contributed by atoms with Crippen molar-refractivity contribution >= 4 is 6.09 Å². The Hall–Kier alpha value is -2.30. The lowest BCUT2D eigenvalue weighted by Gasteiger charge is -2.23. The number of ether oxygens (including phenoxy) is 1. The maximum atomic E-state index is 12.0. The standard InChI is InChI=1S/C16H21N3O2/c1-16(2,3)21-15(20)19-13(14-10-17-11-18-14)9-12-7-5-4-6-8-12/h4-8,10-11,13H,9H2,1-3H3,(H,17,18)(H,19,20)/t13-/m1/s1. The molecule has 2 N–H and O–H groups in total. The lowest BCUT2D eigenvalue weighted by atomic mass is 10.0. The van der Waals surface area contributed by atoms with Crippen molar-refractivity contribution in [3.8, 4) is 0 Å². The smallest absolute Gasteiger partial charge is 0.408 e. The summed E-state index contributed by atoms with van der Waals surface area (Å²) in [5, 5.41) is 2.89. The highest BCUT2D eigenvalue weighted by molar-refractivity contribution is 5.68. The molecule has 0 aliphatic rings. The first-order valence-electron chi connectivity index (χ1n) is 6.96. The van der Waals surface area contributed by atoms with E-state index in [4.69, 9.17) is 4.74 Å². The fourth-order valence-electron chi connectivity index (χ4n) is 2.00. The summed E-state index contributed by atoms with van der Waals surface area (Å²) in [5.41, 5.74) is 1.47. The van der Waals surface area contributed by atoms with E-state index in [2.05, 4.69) is 15.3 Å². The second-order valence-electron chi connectivity index (χ2n) is 5.90. The van der Waals surface area contributed by atoms with Gasteiger partial charge in [0.05, 0.1) is 24.3 Å². The van der Waals surface area contributed by atoms with Crippen LogP contribution in [0.4, 0.5) is 4.79 Å². The normalized spacial score (nSPS) is 12.7. The number of aromatic amines is 1. The van der Waals surface area contributed by atoms with Crippen molar-refractivity contribution in [2.24, 2.45) is 0 Å². The average Bonchev–Trinajstić information content (AvgIpc) is 2.90. The van der Waals surface area contributed by atoms with Crippen LogP contribution in [0.3, 0.4) is 0 Å². The lowest BCUT2D eigenvalue weighted by molar-refractivity contribution is 0.0502. The zero-order valence-electron chi connectivity index (χ0n) is 12.6. The average molecular weight is 287 g/mol. The van der Waals surface area contributed by atoms with Gasteiger partial charge in [0.25, 0.3) is 0 Å². The molecule has 0 spiro atoms. The van der Waals surface area contributed by atoms with Gasteiger partial charge in [0.1, 0.15) is 5.60 Å². The van der Waals surface area contributed by atoms with Gasteiger partial charge in [-0.25, -0.2) is 9.78 Å². The number of carbonyl (C=O) groups is 1. The molecule has 2 rings (SSSR count). The van der Waals surface area contributed by atoms with Gasteiger partial charge < -0.3 is 15.0 Å². The SMILES string of the molecule is CC(C)(C)OC(=O)N[C@H](Cc1ccccc1)c1cnc[nH]1. The van der Waals surface area contributed by atoms with Crippen LogP contribution in [0.15, 0.2) is 42.9 Å². The summed E-state index contributed by atoms with van der Waals surface area (Å²) in [6.45, 7) is 5.53. The fraction of sp³-hybridized carbons (Fsp3) is 0.375. The number of aromatic nitrogens is 2. The number of H-pyrrole nitrogens is 1. The molecule has 112 valence electrons. The second-order valence-corrected chi connectivity index (χ2v) is 5.90. The molecule has 2 aromatic rings. The van der Waals surface area contributed by atoms with Crippen molar-refractivity contribution in [3.05, 3.63) is 54.1 Å². The Balaban J connectivity index is 2.08. The van der Waals surface area contributed by atoms with Crippen molar-refractivity contribution in [1.29, 1.82) is 0 Å². The topological polar surface area (TPSA) is 67.0 Å². The van der Waals surface area contributed by atoms with Gasteiger partial charge in [-0.1, -0.05) is 30.3 Å². The Morgan fingerprint density at radius 2 is 2.05 bits per heavy atom. The van der Waals surface area contributed by atoms with Gasteiger partial charge in [-0.15, -0.1) is 0 Å². The Morgan fingerprint density at radius 3 is 2.62 bits per heavy atom. The minimum Gasteiger partial charge on any atom is -0.444 e. The van der Waals surface area contributed by atoms with Crippen LogP contribution in [0.25, 0.3) is 0 Å². The number of benzene rings is 1. The molecule has 5 heteroatoms. The van der Waals surface area contributed by atoms with E-state index < -0.39 is 11.7 Å². The fourth-order valence-corrected chi connectivity index (χ4v) is 2.00. The third kappa shape index (κ3) is 4.95. The monoisotopic (exact) mass is 287 g/mol. The molecule has 1 aromatic carbocycles. The van der Waals surface area contributed by atoms with Crippen molar-refractivity contribution in [2.75, 3.05) is 0 Å².